The summed E-state index contributed by atoms with van der Waals surface area (Å²) in [6, 6.07) is 7.74. The molecule has 1 N–H and O–H groups in total. The van der Waals surface area contributed by atoms with Gasteiger partial charge in [0, 0.05) is 50.5 Å². The van der Waals surface area contributed by atoms with Crippen LogP contribution in [-0.4, -0.2) is 40.7 Å². The standard InChI is InChI=1S/C17H21ClN4O/c1-21(9-14-8-20-22(2)10-14)16(23)17(11-19-12-17)7-13-3-5-15(18)6-4-13/h3-6,8,10,19H,7,9,11-12H2,1-2H3. The van der Waals surface area contributed by atoms with Gasteiger partial charge in [0.1, 0.15) is 0 Å². The highest BCUT2D eigenvalue weighted by Crippen LogP contribution is 2.31. The van der Waals surface area contributed by atoms with Crippen molar-refractivity contribution in [3.05, 3.63) is 52.8 Å². The van der Waals surface area contributed by atoms with Crippen LogP contribution in [0.3, 0.4) is 0 Å². The van der Waals surface area contributed by atoms with E-state index in [4.69, 9.17) is 11.6 Å². The van der Waals surface area contributed by atoms with E-state index in [2.05, 4.69) is 10.4 Å². The molecule has 0 spiro atoms. The molecule has 6 heteroatoms. The van der Waals surface area contributed by atoms with Gasteiger partial charge in [-0.05, 0) is 24.1 Å². The molecule has 1 aliphatic heterocycles. The van der Waals surface area contributed by atoms with E-state index in [0.29, 0.717) is 19.6 Å². The van der Waals surface area contributed by atoms with Gasteiger partial charge in [0.2, 0.25) is 5.91 Å². The fourth-order valence-corrected chi connectivity index (χ4v) is 3.20. The number of amides is 1. The number of carbonyl (C=O) groups is 1. The normalized spacial score (nSPS) is 16.0. The fourth-order valence-electron chi connectivity index (χ4n) is 3.08. The molecule has 0 atom stereocenters. The molecule has 0 unspecified atom stereocenters. The highest BCUT2D eigenvalue weighted by molar-refractivity contribution is 6.30. The summed E-state index contributed by atoms with van der Waals surface area (Å²) in [6.07, 6.45) is 4.47. The van der Waals surface area contributed by atoms with E-state index >= 15 is 0 Å². The second-order valence-electron chi connectivity index (χ2n) is 6.37. The van der Waals surface area contributed by atoms with Gasteiger partial charge < -0.3 is 10.2 Å². The van der Waals surface area contributed by atoms with E-state index in [9.17, 15) is 4.79 Å². The molecule has 23 heavy (non-hydrogen) atoms. The summed E-state index contributed by atoms with van der Waals surface area (Å²) in [6.45, 7) is 2.01. The highest BCUT2D eigenvalue weighted by Gasteiger charge is 2.45. The number of nitrogens with one attached hydrogen (secondary N) is 1. The zero-order valence-electron chi connectivity index (χ0n) is 13.4. The van der Waals surface area contributed by atoms with Crippen LogP contribution in [0.15, 0.2) is 36.7 Å². The lowest BCUT2D eigenvalue weighted by Crippen LogP contribution is -2.62. The van der Waals surface area contributed by atoms with Crippen molar-refractivity contribution in [2.45, 2.75) is 13.0 Å². The Hall–Kier alpha value is -1.85. The van der Waals surface area contributed by atoms with Crippen LogP contribution in [-0.2, 0) is 24.8 Å². The molecule has 0 aliphatic carbocycles. The first-order chi connectivity index (χ1) is 11.0. The Morgan fingerprint density at radius 1 is 1.35 bits per heavy atom. The first kappa shape index (κ1) is 16.0. The van der Waals surface area contributed by atoms with Gasteiger partial charge in [0.15, 0.2) is 0 Å². The van der Waals surface area contributed by atoms with Crippen molar-refractivity contribution in [1.82, 2.24) is 20.0 Å². The molecule has 1 saturated heterocycles. The number of carbonyl (C=O) groups excluding carboxylic acids is 1. The molecule has 0 saturated carbocycles. The topological polar surface area (TPSA) is 50.2 Å². The van der Waals surface area contributed by atoms with Crippen LogP contribution in [0.4, 0.5) is 0 Å². The molecular formula is C17H21ClN4O. The Bertz CT molecular complexity index is 691. The van der Waals surface area contributed by atoms with E-state index in [1.54, 1.807) is 15.8 Å². The molecule has 1 aliphatic rings. The summed E-state index contributed by atoms with van der Waals surface area (Å²) in [5, 5.41) is 8.12. The third-order valence-corrected chi connectivity index (χ3v) is 4.61. The lowest BCUT2D eigenvalue weighted by Gasteiger charge is -2.43. The summed E-state index contributed by atoms with van der Waals surface area (Å²) in [5.74, 6) is 0.176. The van der Waals surface area contributed by atoms with Gasteiger partial charge in [-0.25, -0.2) is 0 Å². The van der Waals surface area contributed by atoms with E-state index in [-0.39, 0.29) is 11.3 Å². The van der Waals surface area contributed by atoms with Gasteiger partial charge in [-0.15, -0.1) is 0 Å². The van der Waals surface area contributed by atoms with Crippen molar-refractivity contribution in [2.75, 3.05) is 20.1 Å². The van der Waals surface area contributed by atoms with Gasteiger partial charge in [-0.3, -0.25) is 9.48 Å². The number of hydrogen-bond donors (Lipinski definition) is 1. The van der Waals surface area contributed by atoms with Crippen molar-refractivity contribution in [1.29, 1.82) is 0 Å². The number of nitrogens with zero attached hydrogens (tertiary/aromatic N) is 3. The van der Waals surface area contributed by atoms with Crippen molar-refractivity contribution in [2.24, 2.45) is 12.5 Å². The predicted molar refractivity (Wildman–Crippen MR) is 90.1 cm³/mol. The minimum atomic E-state index is -0.356. The summed E-state index contributed by atoms with van der Waals surface area (Å²) >= 11 is 5.94. The average Bonchev–Trinajstić information content (AvgIpc) is 2.89. The molecule has 0 radical (unpaired) electrons. The van der Waals surface area contributed by atoms with E-state index in [1.165, 1.54) is 0 Å². The third-order valence-electron chi connectivity index (χ3n) is 4.36. The molecule has 1 amide bonds. The molecule has 5 nitrogen and oxygen atoms in total. The Kier molecular flexibility index (Phi) is 4.41. The van der Waals surface area contributed by atoms with Crippen LogP contribution in [0, 0.1) is 5.41 Å². The SMILES string of the molecule is CN(Cc1cnn(C)c1)C(=O)C1(Cc2ccc(Cl)cc2)CNC1. The molecule has 0 bridgehead atoms. The summed E-state index contributed by atoms with van der Waals surface area (Å²) in [4.78, 5) is 14.8. The monoisotopic (exact) mass is 332 g/mol. The van der Waals surface area contributed by atoms with Gasteiger partial charge in [-0.2, -0.15) is 5.10 Å². The Morgan fingerprint density at radius 3 is 2.57 bits per heavy atom. The Labute approximate surface area is 141 Å². The van der Waals surface area contributed by atoms with E-state index in [0.717, 1.165) is 22.6 Å². The van der Waals surface area contributed by atoms with Crippen molar-refractivity contribution in [3.8, 4) is 0 Å². The van der Waals surface area contributed by atoms with E-state index in [1.807, 2.05) is 44.6 Å². The lowest BCUT2D eigenvalue weighted by atomic mass is 9.75. The van der Waals surface area contributed by atoms with Crippen LogP contribution in [0.2, 0.25) is 5.02 Å². The Morgan fingerprint density at radius 2 is 2.04 bits per heavy atom. The van der Waals surface area contributed by atoms with Gasteiger partial charge in [0.25, 0.3) is 0 Å². The second kappa shape index (κ2) is 6.34. The third kappa shape index (κ3) is 3.41. The molecule has 2 heterocycles. The largest absolute Gasteiger partial charge is 0.341 e. The molecule has 122 valence electrons. The molecular weight excluding hydrogens is 312 g/mol. The van der Waals surface area contributed by atoms with Crippen molar-refractivity contribution >= 4 is 17.5 Å². The number of benzene rings is 1. The summed E-state index contributed by atoms with van der Waals surface area (Å²) in [5.41, 5.74) is 1.82. The van der Waals surface area contributed by atoms with E-state index < -0.39 is 0 Å². The first-order valence-electron chi connectivity index (χ1n) is 7.67. The summed E-state index contributed by atoms with van der Waals surface area (Å²) < 4.78 is 1.75. The number of hydrogen-bond acceptors (Lipinski definition) is 3. The zero-order chi connectivity index (χ0) is 16.4. The smallest absolute Gasteiger partial charge is 0.231 e. The molecule has 3 rings (SSSR count). The maximum Gasteiger partial charge on any atom is 0.231 e. The number of aryl methyl sites for hydroxylation is 1. The van der Waals surface area contributed by atoms with Crippen LogP contribution in [0.25, 0.3) is 0 Å². The molecule has 1 aromatic carbocycles. The highest BCUT2D eigenvalue weighted by atomic mass is 35.5. The van der Waals surface area contributed by atoms with Gasteiger partial charge in [-0.1, -0.05) is 23.7 Å². The maximum atomic E-state index is 13.0. The van der Waals surface area contributed by atoms with Crippen LogP contribution < -0.4 is 5.32 Å². The first-order valence-corrected chi connectivity index (χ1v) is 8.05. The molecule has 1 fully saturated rings. The van der Waals surface area contributed by atoms with Crippen LogP contribution >= 0.6 is 11.6 Å². The Balaban J connectivity index is 1.71. The minimum Gasteiger partial charge on any atom is -0.341 e. The predicted octanol–water partition coefficient (Wildman–Crippen LogP) is 1.86. The minimum absolute atomic E-state index is 0.176. The maximum absolute atomic E-state index is 13.0. The van der Waals surface area contributed by atoms with Crippen molar-refractivity contribution < 1.29 is 4.79 Å². The fraction of sp³-hybridized carbons (Fsp3) is 0.412. The van der Waals surface area contributed by atoms with Crippen LogP contribution in [0.1, 0.15) is 11.1 Å². The molecule has 1 aromatic heterocycles. The quantitative estimate of drug-likeness (QED) is 0.909. The van der Waals surface area contributed by atoms with Crippen molar-refractivity contribution in [3.63, 3.8) is 0 Å². The lowest BCUT2D eigenvalue weighted by molar-refractivity contribution is -0.144. The van der Waals surface area contributed by atoms with Crippen LogP contribution in [0.5, 0.6) is 0 Å². The number of rotatable bonds is 5. The zero-order valence-corrected chi connectivity index (χ0v) is 14.2. The number of halogens is 1. The second-order valence-corrected chi connectivity index (χ2v) is 6.81. The van der Waals surface area contributed by atoms with Gasteiger partial charge in [0.05, 0.1) is 11.6 Å². The average molecular weight is 333 g/mol. The molecule has 2 aromatic rings. The number of aromatic nitrogens is 2. The summed E-state index contributed by atoms with van der Waals surface area (Å²) in [7, 11) is 3.74. The van der Waals surface area contributed by atoms with Gasteiger partial charge >= 0.3 is 0 Å².